The molecule has 0 saturated heterocycles. The van der Waals surface area contributed by atoms with Crippen molar-refractivity contribution >= 4 is 17.3 Å². The molecule has 0 aromatic carbocycles. The van der Waals surface area contributed by atoms with Crippen molar-refractivity contribution in [2.24, 2.45) is 0 Å². The summed E-state index contributed by atoms with van der Waals surface area (Å²) < 4.78 is 0. The lowest BCUT2D eigenvalue weighted by Gasteiger charge is -2.11. The van der Waals surface area contributed by atoms with Crippen LogP contribution in [0, 0.1) is 0 Å². The van der Waals surface area contributed by atoms with Crippen molar-refractivity contribution in [3.8, 4) is 0 Å². The highest BCUT2D eigenvalue weighted by Crippen LogP contribution is 2.55. The summed E-state index contributed by atoms with van der Waals surface area (Å²) in [5.41, 5.74) is 3.12. The van der Waals surface area contributed by atoms with Gasteiger partial charge in [0, 0.05) is 36.5 Å². The maximum atomic E-state index is 5.86. The van der Waals surface area contributed by atoms with E-state index in [1.807, 2.05) is 12.3 Å². The molecule has 68 valence electrons. The molecule has 0 unspecified atom stereocenters. The van der Waals surface area contributed by atoms with Gasteiger partial charge in [0.2, 0.25) is 0 Å². The summed E-state index contributed by atoms with van der Waals surface area (Å²) in [6, 6.07) is 1.98. The fraction of sp³-hybridized carbons (Fsp3) is 0.500. The van der Waals surface area contributed by atoms with Crippen molar-refractivity contribution in [2.75, 3.05) is 18.5 Å². The Morgan fingerprint density at radius 3 is 3.00 bits per heavy atom. The maximum absolute atomic E-state index is 5.86. The number of aromatic nitrogens is 1. The van der Waals surface area contributed by atoms with Gasteiger partial charge in [0.25, 0.3) is 0 Å². The van der Waals surface area contributed by atoms with E-state index in [2.05, 4.69) is 16.9 Å². The second kappa shape index (κ2) is 2.18. The maximum Gasteiger partial charge on any atom is 0.131 e. The molecular weight excluding hydrogens is 184 g/mol. The third-order valence-corrected chi connectivity index (χ3v) is 3.43. The van der Waals surface area contributed by atoms with Crippen molar-refractivity contribution in [1.29, 1.82) is 0 Å². The Hall–Kier alpha value is -0.760. The number of halogens is 1. The lowest BCUT2D eigenvalue weighted by molar-refractivity contribution is 0.729. The van der Waals surface area contributed by atoms with Gasteiger partial charge in [-0.3, -0.25) is 0 Å². The topological polar surface area (TPSA) is 16.1 Å². The predicted molar refractivity (Wildman–Crippen MR) is 53.4 cm³/mol. The summed E-state index contributed by atoms with van der Waals surface area (Å²) in [7, 11) is 2.13. The molecule has 0 radical (unpaired) electrons. The van der Waals surface area contributed by atoms with Crippen LogP contribution in [0.25, 0.3) is 0 Å². The van der Waals surface area contributed by atoms with Crippen LogP contribution < -0.4 is 4.90 Å². The lowest BCUT2D eigenvalue weighted by Crippen LogP contribution is -2.18. The average Bonchev–Trinajstić information content (AvgIpc) is 2.79. The second-order valence-corrected chi connectivity index (χ2v) is 4.55. The molecule has 1 aromatic heterocycles. The molecule has 0 amide bonds. The Labute approximate surface area is 82.5 Å². The van der Waals surface area contributed by atoms with Gasteiger partial charge < -0.3 is 4.90 Å². The van der Waals surface area contributed by atoms with Crippen molar-refractivity contribution in [3.05, 3.63) is 23.0 Å². The van der Waals surface area contributed by atoms with Crippen molar-refractivity contribution in [2.45, 2.75) is 18.3 Å². The van der Waals surface area contributed by atoms with Gasteiger partial charge in [0.15, 0.2) is 0 Å². The second-order valence-electron chi connectivity index (χ2n) is 4.16. The number of nitrogens with zero attached hydrogens (tertiary/aromatic N) is 2. The Bertz CT molecular complexity index is 371. The molecule has 3 rings (SSSR count). The minimum atomic E-state index is 0.446. The summed E-state index contributed by atoms with van der Waals surface area (Å²) in [5.74, 6) is 0. The number of anilines is 1. The van der Waals surface area contributed by atoms with Gasteiger partial charge in [0.1, 0.15) is 5.15 Å². The van der Waals surface area contributed by atoms with Gasteiger partial charge >= 0.3 is 0 Å². The minimum Gasteiger partial charge on any atom is -0.373 e. The van der Waals surface area contributed by atoms with E-state index in [0.29, 0.717) is 10.6 Å². The van der Waals surface area contributed by atoms with Gasteiger partial charge in [-0.1, -0.05) is 11.6 Å². The van der Waals surface area contributed by atoms with Crippen LogP contribution in [0.1, 0.15) is 18.4 Å². The Balaban J connectivity index is 2.19. The SMILES string of the molecule is CN1CC2(CC2)c2cnc(Cl)cc21. The van der Waals surface area contributed by atoms with Gasteiger partial charge in [-0.25, -0.2) is 4.98 Å². The molecule has 2 aliphatic rings. The summed E-state index contributed by atoms with van der Waals surface area (Å²) >= 11 is 5.86. The fourth-order valence-corrected chi connectivity index (χ4v) is 2.50. The minimum absolute atomic E-state index is 0.446. The highest BCUT2D eigenvalue weighted by Gasteiger charge is 2.51. The molecule has 3 heteroatoms. The molecule has 2 nitrogen and oxygen atoms in total. The zero-order valence-electron chi connectivity index (χ0n) is 7.55. The monoisotopic (exact) mass is 194 g/mol. The van der Waals surface area contributed by atoms with Gasteiger partial charge in [0.05, 0.1) is 0 Å². The molecule has 1 spiro atoms. The van der Waals surface area contributed by atoms with Crippen LogP contribution in [-0.4, -0.2) is 18.6 Å². The number of hydrogen-bond donors (Lipinski definition) is 0. The van der Waals surface area contributed by atoms with E-state index in [4.69, 9.17) is 11.6 Å². The number of pyridine rings is 1. The smallest absolute Gasteiger partial charge is 0.131 e. The molecule has 0 N–H and O–H groups in total. The summed E-state index contributed by atoms with van der Waals surface area (Å²) in [6.07, 6.45) is 4.58. The van der Waals surface area contributed by atoms with Gasteiger partial charge in [-0.2, -0.15) is 0 Å². The third-order valence-electron chi connectivity index (χ3n) is 3.22. The standard InChI is InChI=1S/C10H11ClN2/c1-13-6-10(2-3-10)7-5-12-9(11)4-8(7)13/h4-5H,2-3,6H2,1H3. The molecule has 1 fully saturated rings. The van der Waals surface area contributed by atoms with Crippen LogP contribution in [0.3, 0.4) is 0 Å². The van der Waals surface area contributed by atoms with Crippen LogP contribution >= 0.6 is 11.6 Å². The molecule has 13 heavy (non-hydrogen) atoms. The first-order valence-corrected chi connectivity index (χ1v) is 4.96. The molecule has 1 saturated carbocycles. The lowest BCUT2D eigenvalue weighted by atomic mass is 10.0. The van der Waals surface area contributed by atoms with Crippen LogP contribution in [-0.2, 0) is 5.41 Å². The largest absolute Gasteiger partial charge is 0.373 e. The van der Waals surface area contributed by atoms with E-state index < -0.39 is 0 Å². The molecule has 1 aliphatic heterocycles. The quantitative estimate of drug-likeness (QED) is 0.589. The van der Waals surface area contributed by atoms with Crippen molar-refractivity contribution < 1.29 is 0 Å². The first-order chi connectivity index (χ1) is 6.21. The van der Waals surface area contributed by atoms with E-state index >= 15 is 0 Å². The average molecular weight is 195 g/mol. The van der Waals surface area contributed by atoms with Crippen LogP contribution in [0.4, 0.5) is 5.69 Å². The van der Waals surface area contributed by atoms with E-state index in [-0.39, 0.29) is 0 Å². The van der Waals surface area contributed by atoms with Gasteiger partial charge in [-0.15, -0.1) is 0 Å². The Morgan fingerprint density at radius 1 is 1.54 bits per heavy atom. The number of rotatable bonds is 0. The molecular formula is C10H11ClN2. The molecule has 2 heterocycles. The van der Waals surface area contributed by atoms with Crippen LogP contribution in [0.5, 0.6) is 0 Å². The molecule has 0 atom stereocenters. The van der Waals surface area contributed by atoms with Crippen LogP contribution in [0.2, 0.25) is 5.15 Å². The number of likely N-dealkylation sites (N-methyl/N-ethyl adjacent to an activating group) is 1. The molecule has 1 aromatic rings. The van der Waals surface area contributed by atoms with Crippen molar-refractivity contribution in [3.63, 3.8) is 0 Å². The number of hydrogen-bond acceptors (Lipinski definition) is 2. The first-order valence-electron chi connectivity index (χ1n) is 4.58. The van der Waals surface area contributed by atoms with Gasteiger partial charge in [-0.05, 0) is 18.9 Å². The Kier molecular flexibility index (Phi) is 1.28. The van der Waals surface area contributed by atoms with E-state index in [1.54, 1.807) is 0 Å². The summed E-state index contributed by atoms with van der Waals surface area (Å²) in [5, 5.41) is 0.600. The number of fused-ring (bicyclic) bond motifs is 2. The fourth-order valence-electron chi connectivity index (χ4n) is 2.35. The highest BCUT2D eigenvalue weighted by atomic mass is 35.5. The van der Waals surface area contributed by atoms with E-state index in [1.165, 1.54) is 24.1 Å². The zero-order chi connectivity index (χ0) is 9.05. The summed E-state index contributed by atoms with van der Waals surface area (Å²) in [6.45, 7) is 1.14. The zero-order valence-corrected chi connectivity index (χ0v) is 8.30. The van der Waals surface area contributed by atoms with Crippen LogP contribution in [0.15, 0.2) is 12.3 Å². The Morgan fingerprint density at radius 2 is 2.31 bits per heavy atom. The highest BCUT2D eigenvalue weighted by molar-refractivity contribution is 6.29. The molecule has 0 bridgehead atoms. The van der Waals surface area contributed by atoms with Crippen molar-refractivity contribution in [1.82, 2.24) is 4.98 Å². The molecule has 1 aliphatic carbocycles. The summed E-state index contributed by atoms with van der Waals surface area (Å²) in [4.78, 5) is 6.45. The van der Waals surface area contributed by atoms with E-state index in [0.717, 1.165) is 6.54 Å². The normalized spacial score (nSPS) is 22.2. The first kappa shape index (κ1) is 7.63. The third kappa shape index (κ3) is 0.923. The predicted octanol–water partition coefficient (Wildman–Crippen LogP) is 2.22. The van der Waals surface area contributed by atoms with E-state index in [9.17, 15) is 0 Å².